The van der Waals surface area contributed by atoms with Crippen molar-refractivity contribution in [1.82, 2.24) is 25.1 Å². The molecule has 2 heterocycles. The van der Waals surface area contributed by atoms with Crippen molar-refractivity contribution in [2.24, 2.45) is 5.73 Å². The van der Waals surface area contributed by atoms with Gasteiger partial charge in [-0.2, -0.15) is 0 Å². The van der Waals surface area contributed by atoms with Gasteiger partial charge in [0, 0.05) is 25.6 Å². The fourth-order valence-corrected chi connectivity index (χ4v) is 2.85. The summed E-state index contributed by atoms with van der Waals surface area (Å²) in [4.78, 5) is 14.6. The Bertz CT molecular complexity index is 692. The zero-order chi connectivity index (χ0) is 16.4. The number of tetrazole rings is 1. The molecule has 1 fully saturated rings. The Kier molecular flexibility index (Phi) is 5.84. The highest BCUT2D eigenvalue weighted by Gasteiger charge is 2.32. The molecule has 9 heteroatoms. The minimum Gasteiger partial charge on any atom is -0.339 e. The smallest absolute Gasteiger partial charge is 0.247 e. The standard InChI is InChI=1S/C15H19FN6O.ClH/c1-10-18-19-20-22(10)14(8-11-2-4-12(16)5-3-11)15(23)21-7-6-13(17)9-21;/h2-5,13-14H,6-9,17H2,1H3;1H/t13-,14?;/m1./s1. The van der Waals surface area contributed by atoms with Crippen LogP contribution in [0.25, 0.3) is 0 Å². The Morgan fingerprint density at radius 3 is 2.67 bits per heavy atom. The van der Waals surface area contributed by atoms with Gasteiger partial charge >= 0.3 is 0 Å². The third-order valence-electron chi connectivity index (χ3n) is 4.12. The van der Waals surface area contributed by atoms with Gasteiger partial charge < -0.3 is 10.6 Å². The highest BCUT2D eigenvalue weighted by Crippen LogP contribution is 2.20. The Morgan fingerprint density at radius 1 is 1.42 bits per heavy atom. The molecule has 3 rings (SSSR count). The first kappa shape index (κ1) is 18.3. The minimum absolute atomic E-state index is 0. The highest BCUT2D eigenvalue weighted by molar-refractivity contribution is 5.85. The molecule has 1 amide bonds. The van der Waals surface area contributed by atoms with Crippen molar-refractivity contribution < 1.29 is 9.18 Å². The van der Waals surface area contributed by atoms with Crippen LogP contribution in [0, 0.1) is 12.7 Å². The average molecular weight is 355 g/mol. The Labute approximate surface area is 145 Å². The van der Waals surface area contributed by atoms with Gasteiger partial charge in [0.2, 0.25) is 5.91 Å². The Balaban J connectivity index is 0.00000208. The van der Waals surface area contributed by atoms with E-state index >= 15 is 0 Å². The number of nitrogens with zero attached hydrogens (tertiary/aromatic N) is 5. The van der Waals surface area contributed by atoms with Crippen LogP contribution in [0.4, 0.5) is 4.39 Å². The summed E-state index contributed by atoms with van der Waals surface area (Å²) in [5, 5.41) is 11.4. The van der Waals surface area contributed by atoms with Crippen molar-refractivity contribution >= 4 is 18.3 Å². The van der Waals surface area contributed by atoms with E-state index in [1.807, 2.05) is 0 Å². The van der Waals surface area contributed by atoms with E-state index in [0.717, 1.165) is 12.0 Å². The number of aryl methyl sites for hydroxylation is 1. The molecule has 1 aromatic heterocycles. The summed E-state index contributed by atoms with van der Waals surface area (Å²) < 4.78 is 14.6. The van der Waals surface area contributed by atoms with Crippen LogP contribution in [-0.4, -0.2) is 50.1 Å². The number of aromatic nitrogens is 4. The van der Waals surface area contributed by atoms with Crippen LogP contribution in [0.2, 0.25) is 0 Å². The second kappa shape index (κ2) is 7.67. The molecular weight excluding hydrogens is 335 g/mol. The highest BCUT2D eigenvalue weighted by atomic mass is 35.5. The minimum atomic E-state index is -0.555. The van der Waals surface area contributed by atoms with Crippen LogP contribution in [0.1, 0.15) is 23.9 Å². The summed E-state index contributed by atoms with van der Waals surface area (Å²) in [5.74, 6) is 0.201. The van der Waals surface area contributed by atoms with Crippen LogP contribution in [0.15, 0.2) is 24.3 Å². The van der Waals surface area contributed by atoms with E-state index < -0.39 is 6.04 Å². The van der Waals surface area contributed by atoms with Crippen LogP contribution in [0.5, 0.6) is 0 Å². The van der Waals surface area contributed by atoms with Crippen molar-refractivity contribution in [2.75, 3.05) is 13.1 Å². The van der Waals surface area contributed by atoms with E-state index in [2.05, 4.69) is 15.5 Å². The lowest BCUT2D eigenvalue weighted by molar-refractivity contribution is -0.134. The maximum Gasteiger partial charge on any atom is 0.247 e. The molecule has 0 bridgehead atoms. The summed E-state index contributed by atoms with van der Waals surface area (Å²) >= 11 is 0. The van der Waals surface area contributed by atoms with Crippen LogP contribution < -0.4 is 5.73 Å². The number of rotatable bonds is 4. The molecule has 1 aromatic carbocycles. The van der Waals surface area contributed by atoms with E-state index in [0.29, 0.717) is 25.3 Å². The van der Waals surface area contributed by atoms with Gasteiger partial charge in [-0.3, -0.25) is 4.79 Å². The predicted octanol–water partition coefficient (Wildman–Crippen LogP) is 0.886. The first-order valence-corrected chi connectivity index (χ1v) is 7.58. The molecule has 2 N–H and O–H groups in total. The Morgan fingerprint density at radius 2 is 2.12 bits per heavy atom. The number of amides is 1. The second-order valence-electron chi connectivity index (χ2n) is 5.85. The van der Waals surface area contributed by atoms with Gasteiger partial charge in [0.25, 0.3) is 0 Å². The van der Waals surface area contributed by atoms with E-state index in [9.17, 15) is 9.18 Å². The van der Waals surface area contributed by atoms with Gasteiger partial charge in [0.15, 0.2) is 0 Å². The zero-order valence-electron chi connectivity index (χ0n) is 13.3. The topological polar surface area (TPSA) is 89.9 Å². The zero-order valence-corrected chi connectivity index (χ0v) is 14.1. The number of carbonyl (C=O) groups excluding carboxylic acids is 1. The van der Waals surface area contributed by atoms with Gasteiger partial charge in [-0.25, -0.2) is 9.07 Å². The number of carbonyl (C=O) groups is 1. The fraction of sp³-hybridized carbons (Fsp3) is 0.467. The molecule has 0 spiro atoms. The first-order valence-electron chi connectivity index (χ1n) is 7.58. The molecule has 1 aliphatic rings. The average Bonchev–Trinajstić information content (AvgIpc) is 3.15. The number of nitrogens with two attached hydrogens (primary N) is 1. The summed E-state index contributed by atoms with van der Waals surface area (Å²) in [7, 11) is 0. The molecule has 0 saturated carbocycles. The lowest BCUT2D eigenvalue weighted by Crippen LogP contribution is -2.39. The number of halogens is 2. The van der Waals surface area contributed by atoms with Gasteiger partial charge in [-0.05, 0) is 41.5 Å². The maximum absolute atomic E-state index is 13.1. The molecule has 2 atom stereocenters. The van der Waals surface area contributed by atoms with Gasteiger partial charge in [0.1, 0.15) is 17.7 Å². The number of benzene rings is 1. The monoisotopic (exact) mass is 354 g/mol. The van der Waals surface area contributed by atoms with Crippen molar-refractivity contribution in [2.45, 2.75) is 31.8 Å². The molecule has 0 aliphatic carbocycles. The van der Waals surface area contributed by atoms with E-state index in [-0.39, 0.29) is 30.2 Å². The predicted molar refractivity (Wildman–Crippen MR) is 88.1 cm³/mol. The quantitative estimate of drug-likeness (QED) is 0.880. The number of hydrogen-bond donors (Lipinski definition) is 1. The maximum atomic E-state index is 13.1. The SMILES string of the molecule is Cc1nnnn1C(Cc1ccc(F)cc1)C(=O)N1CC[C@@H](N)C1.Cl. The molecule has 7 nitrogen and oxygen atoms in total. The van der Waals surface area contributed by atoms with Crippen LogP contribution in [-0.2, 0) is 11.2 Å². The first-order chi connectivity index (χ1) is 11.0. The van der Waals surface area contributed by atoms with Gasteiger partial charge in [0.05, 0.1) is 0 Å². The molecule has 24 heavy (non-hydrogen) atoms. The van der Waals surface area contributed by atoms with Crippen molar-refractivity contribution in [3.8, 4) is 0 Å². The van der Waals surface area contributed by atoms with Crippen LogP contribution in [0.3, 0.4) is 0 Å². The fourth-order valence-electron chi connectivity index (χ4n) is 2.85. The molecule has 1 unspecified atom stereocenters. The Hall–Kier alpha value is -2.06. The van der Waals surface area contributed by atoms with Crippen molar-refractivity contribution in [3.63, 3.8) is 0 Å². The van der Waals surface area contributed by atoms with E-state index in [1.165, 1.54) is 16.8 Å². The molecular formula is C15H20ClFN6O. The molecule has 2 aromatic rings. The second-order valence-corrected chi connectivity index (χ2v) is 5.85. The lowest BCUT2D eigenvalue weighted by Gasteiger charge is -2.23. The summed E-state index contributed by atoms with van der Waals surface area (Å²) in [6, 6.07) is 5.57. The third-order valence-corrected chi connectivity index (χ3v) is 4.12. The summed E-state index contributed by atoms with van der Waals surface area (Å²) in [5.41, 5.74) is 6.75. The molecule has 1 aliphatic heterocycles. The molecule has 130 valence electrons. The third kappa shape index (κ3) is 3.88. The summed E-state index contributed by atoms with van der Waals surface area (Å²) in [6.45, 7) is 2.93. The summed E-state index contributed by atoms with van der Waals surface area (Å²) in [6.07, 6.45) is 1.19. The van der Waals surface area contributed by atoms with E-state index in [4.69, 9.17) is 5.73 Å². The van der Waals surface area contributed by atoms with Crippen molar-refractivity contribution in [3.05, 3.63) is 41.5 Å². The lowest BCUT2D eigenvalue weighted by atomic mass is 10.0. The normalized spacial score (nSPS) is 18.3. The van der Waals surface area contributed by atoms with Crippen LogP contribution >= 0.6 is 12.4 Å². The van der Waals surface area contributed by atoms with Gasteiger partial charge in [-0.1, -0.05) is 12.1 Å². The van der Waals surface area contributed by atoms with Crippen molar-refractivity contribution in [1.29, 1.82) is 0 Å². The molecule has 0 radical (unpaired) electrons. The largest absolute Gasteiger partial charge is 0.339 e. The van der Waals surface area contributed by atoms with E-state index in [1.54, 1.807) is 24.0 Å². The van der Waals surface area contributed by atoms with Gasteiger partial charge in [-0.15, -0.1) is 17.5 Å². The molecule has 1 saturated heterocycles. The number of hydrogen-bond acceptors (Lipinski definition) is 5. The number of likely N-dealkylation sites (tertiary alicyclic amines) is 1.